The lowest BCUT2D eigenvalue weighted by atomic mass is 9.63. The largest absolute Gasteiger partial charge is 0.430 e. The third-order valence-corrected chi connectivity index (χ3v) is 8.58. The average Bonchev–Trinajstić information content (AvgIpc) is 3.26. The van der Waals surface area contributed by atoms with E-state index in [1.807, 2.05) is 44.2 Å². The zero-order chi connectivity index (χ0) is 31.4. The van der Waals surface area contributed by atoms with Crippen LogP contribution in [0, 0.1) is 23.0 Å². The maximum Gasteiger partial charge on any atom is 0.408 e. The molecule has 0 aromatic heterocycles. The van der Waals surface area contributed by atoms with Crippen LogP contribution in [0.15, 0.2) is 66.7 Å². The summed E-state index contributed by atoms with van der Waals surface area (Å²) in [5, 5.41) is 35.3. The summed E-state index contributed by atoms with van der Waals surface area (Å²) >= 11 is 12.3. The van der Waals surface area contributed by atoms with Crippen molar-refractivity contribution in [2.24, 2.45) is 0 Å². The van der Waals surface area contributed by atoms with Gasteiger partial charge in [0.05, 0.1) is 29.7 Å². The molecule has 11 heteroatoms. The van der Waals surface area contributed by atoms with Crippen LogP contribution in [0.5, 0.6) is 0 Å². The zero-order valence-corrected chi connectivity index (χ0v) is 25.2. The van der Waals surface area contributed by atoms with E-state index in [0.717, 1.165) is 11.6 Å². The van der Waals surface area contributed by atoms with Gasteiger partial charge in [-0.2, -0.15) is 5.26 Å². The molecule has 5 atom stereocenters. The molecule has 3 aromatic rings. The molecule has 0 aliphatic carbocycles. The molecule has 1 amide bonds. The second kappa shape index (κ2) is 13.6. The minimum absolute atomic E-state index is 0.0247. The summed E-state index contributed by atoms with van der Waals surface area (Å²) in [5.41, 5.74) is -1.49. The van der Waals surface area contributed by atoms with Crippen molar-refractivity contribution in [1.82, 2.24) is 10.6 Å². The van der Waals surface area contributed by atoms with Gasteiger partial charge in [-0.05, 0) is 47.6 Å². The van der Waals surface area contributed by atoms with E-state index in [1.165, 1.54) is 30.3 Å². The molecule has 7 nitrogen and oxygen atoms in total. The number of carbonyl (C=O) groups excluding carboxylic acids is 1. The van der Waals surface area contributed by atoms with Gasteiger partial charge in [-0.25, -0.2) is 13.6 Å². The maximum absolute atomic E-state index is 15.9. The number of halogens is 4. The minimum atomic E-state index is -1.80. The van der Waals surface area contributed by atoms with Crippen molar-refractivity contribution in [1.29, 1.82) is 5.26 Å². The highest BCUT2D eigenvalue weighted by Crippen LogP contribution is 2.53. The maximum atomic E-state index is 15.9. The van der Waals surface area contributed by atoms with Gasteiger partial charge in [0.25, 0.3) is 0 Å². The standard InChI is InChI=1S/C32H33Cl2F2N3O4/c1-31(2,19-7-4-3-5-8-19)16-26-32(18-37,23-12-11-20(33)15-25(23)35)27(22-9-6-10-24(34)28(22)36)29(39-26)43-30(42)38-14-13-21(41)17-40/h3-12,15,21,26-27,29,39-41H,13-14,16-17H2,1-2H3,(H,38,42)/t21-,26-,27-,29+,32-/m0/s1. The first kappa shape index (κ1) is 32.6. The number of alkyl carbamates (subject to hydrolysis) is 1. The second-order valence-corrected chi connectivity index (χ2v) is 12.1. The Morgan fingerprint density at radius 3 is 2.53 bits per heavy atom. The molecule has 0 unspecified atom stereocenters. The van der Waals surface area contributed by atoms with Crippen molar-refractivity contribution in [2.75, 3.05) is 13.2 Å². The van der Waals surface area contributed by atoms with Gasteiger partial charge in [-0.1, -0.05) is 85.6 Å². The molecule has 1 aliphatic heterocycles. The Morgan fingerprint density at radius 2 is 1.88 bits per heavy atom. The van der Waals surface area contributed by atoms with Crippen LogP contribution in [0.3, 0.4) is 0 Å². The van der Waals surface area contributed by atoms with E-state index in [4.69, 9.17) is 33.0 Å². The van der Waals surface area contributed by atoms with E-state index in [0.29, 0.717) is 0 Å². The molecule has 1 heterocycles. The Kier molecular flexibility index (Phi) is 10.3. The molecule has 228 valence electrons. The van der Waals surface area contributed by atoms with Gasteiger partial charge in [-0.15, -0.1) is 0 Å². The average molecular weight is 633 g/mol. The third-order valence-electron chi connectivity index (χ3n) is 8.05. The van der Waals surface area contributed by atoms with Gasteiger partial charge in [0.2, 0.25) is 0 Å². The molecular weight excluding hydrogens is 599 g/mol. The summed E-state index contributed by atoms with van der Waals surface area (Å²) in [6.45, 7) is 3.45. The number of nitrogens with zero attached hydrogens (tertiary/aromatic N) is 1. The number of aliphatic hydroxyl groups is 2. The predicted molar refractivity (Wildman–Crippen MR) is 160 cm³/mol. The lowest BCUT2D eigenvalue weighted by Gasteiger charge is -2.38. The first-order valence-electron chi connectivity index (χ1n) is 13.8. The summed E-state index contributed by atoms with van der Waals surface area (Å²) in [7, 11) is 0. The SMILES string of the molecule is CC(C)(C[C@@H]1N[C@H](OC(=O)NCC[C@H](O)CO)[C@H](c2cccc(Cl)c2F)[C@@]1(C#N)c1ccc(Cl)cc1F)c1ccccc1. The van der Waals surface area contributed by atoms with Crippen molar-refractivity contribution in [2.45, 2.75) is 61.8 Å². The number of hydrogen-bond donors (Lipinski definition) is 4. The molecule has 0 saturated carbocycles. The van der Waals surface area contributed by atoms with Crippen molar-refractivity contribution in [3.63, 3.8) is 0 Å². The van der Waals surface area contributed by atoms with Gasteiger partial charge in [-0.3, -0.25) is 5.32 Å². The molecule has 1 aliphatic rings. The Balaban J connectivity index is 1.87. The first-order chi connectivity index (χ1) is 20.4. The van der Waals surface area contributed by atoms with Gasteiger partial charge in [0.1, 0.15) is 17.0 Å². The first-order valence-corrected chi connectivity index (χ1v) is 14.6. The summed E-state index contributed by atoms with van der Waals surface area (Å²) in [4.78, 5) is 12.9. The smallest absolute Gasteiger partial charge is 0.408 e. The van der Waals surface area contributed by atoms with Crippen LogP contribution in [0.1, 0.15) is 49.3 Å². The van der Waals surface area contributed by atoms with Crippen LogP contribution in [0.2, 0.25) is 10.0 Å². The molecule has 4 N–H and O–H groups in total. The molecular formula is C32H33Cl2F2N3O4. The highest BCUT2D eigenvalue weighted by molar-refractivity contribution is 6.31. The summed E-state index contributed by atoms with van der Waals surface area (Å²) in [6.07, 6.45) is -2.94. The Labute approximate surface area is 259 Å². The quantitative estimate of drug-likeness (QED) is 0.220. The third kappa shape index (κ3) is 6.79. The summed E-state index contributed by atoms with van der Waals surface area (Å²) < 4.78 is 37.4. The summed E-state index contributed by atoms with van der Waals surface area (Å²) in [5.74, 6) is -2.85. The molecule has 0 radical (unpaired) electrons. The minimum Gasteiger partial charge on any atom is -0.430 e. The van der Waals surface area contributed by atoms with Crippen LogP contribution < -0.4 is 10.6 Å². The fourth-order valence-electron chi connectivity index (χ4n) is 5.87. The Hall–Kier alpha value is -3.26. The number of amides is 1. The number of carbonyl (C=O) groups is 1. The zero-order valence-electron chi connectivity index (χ0n) is 23.7. The Morgan fingerprint density at radius 1 is 1.16 bits per heavy atom. The highest BCUT2D eigenvalue weighted by atomic mass is 35.5. The summed E-state index contributed by atoms with van der Waals surface area (Å²) in [6, 6.07) is 19.3. The molecule has 0 spiro atoms. The number of nitriles is 1. The topological polar surface area (TPSA) is 115 Å². The van der Waals surface area contributed by atoms with Gasteiger partial charge in [0, 0.05) is 23.2 Å². The highest BCUT2D eigenvalue weighted by Gasteiger charge is 2.61. The number of hydrogen-bond acceptors (Lipinski definition) is 6. The number of ether oxygens (including phenoxy) is 1. The number of aliphatic hydroxyl groups excluding tert-OH is 2. The second-order valence-electron chi connectivity index (χ2n) is 11.3. The van der Waals surface area contributed by atoms with Gasteiger partial charge >= 0.3 is 6.09 Å². The number of rotatable bonds is 10. The normalized spacial score (nSPS) is 22.5. The number of benzene rings is 3. The van der Waals surface area contributed by atoms with Gasteiger partial charge < -0.3 is 20.3 Å². The van der Waals surface area contributed by atoms with Crippen molar-refractivity contribution in [3.05, 3.63) is 105 Å². The lowest BCUT2D eigenvalue weighted by Crippen LogP contribution is -2.46. The van der Waals surface area contributed by atoms with Crippen molar-refractivity contribution in [3.8, 4) is 6.07 Å². The predicted octanol–water partition coefficient (Wildman–Crippen LogP) is 5.95. The van der Waals surface area contributed by atoms with E-state index >= 15 is 8.78 Å². The Bertz CT molecular complexity index is 1490. The monoisotopic (exact) mass is 631 g/mol. The fraction of sp³-hybridized carbons (Fsp3) is 0.375. The van der Waals surface area contributed by atoms with E-state index in [-0.39, 0.29) is 40.6 Å². The molecule has 3 aromatic carbocycles. The van der Waals surface area contributed by atoms with Crippen LogP contribution >= 0.6 is 23.2 Å². The van der Waals surface area contributed by atoms with Crippen molar-refractivity contribution >= 4 is 29.3 Å². The van der Waals surface area contributed by atoms with Crippen LogP contribution in [0.4, 0.5) is 13.6 Å². The van der Waals surface area contributed by atoms with Crippen LogP contribution in [-0.2, 0) is 15.6 Å². The molecule has 0 bridgehead atoms. The van der Waals surface area contributed by atoms with Crippen LogP contribution in [-0.4, -0.2) is 47.8 Å². The lowest BCUT2D eigenvalue weighted by molar-refractivity contribution is 0.0686. The van der Waals surface area contributed by atoms with Crippen molar-refractivity contribution < 1.29 is 28.5 Å². The molecule has 4 rings (SSSR count). The van der Waals surface area contributed by atoms with Crippen LogP contribution in [0.25, 0.3) is 0 Å². The van der Waals surface area contributed by atoms with E-state index < -0.39 is 59.5 Å². The molecule has 1 fully saturated rings. The van der Waals surface area contributed by atoms with Gasteiger partial charge in [0.15, 0.2) is 6.23 Å². The van der Waals surface area contributed by atoms with E-state index in [9.17, 15) is 15.2 Å². The fourth-order valence-corrected chi connectivity index (χ4v) is 6.21. The molecule has 43 heavy (non-hydrogen) atoms. The van der Waals surface area contributed by atoms with E-state index in [1.54, 1.807) is 0 Å². The van der Waals surface area contributed by atoms with E-state index in [2.05, 4.69) is 16.7 Å². The number of nitrogens with one attached hydrogen (secondary N) is 2. The molecule has 1 saturated heterocycles.